The molecular formula is C17H23N3O. The second-order valence-electron chi connectivity index (χ2n) is 5.26. The van der Waals surface area contributed by atoms with Crippen LogP contribution in [0.15, 0.2) is 36.5 Å². The first-order valence-corrected chi connectivity index (χ1v) is 7.36. The van der Waals surface area contributed by atoms with Crippen molar-refractivity contribution in [2.75, 3.05) is 10.6 Å². The van der Waals surface area contributed by atoms with Gasteiger partial charge in [0, 0.05) is 36.7 Å². The summed E-state index contributed by atoms with van der Waals surface area (Å²) in [7, 11) is 0. The van der Waals surface area contributed by atoms with E-state index in [0.29, 0.717) is 0 Å². The van der Waals surface area contributed by atoms with Gasteiger partial charge in [-0.05, 0) is 43.2 Å². The van der Waals surface area contributed by atoms with Crippen molar-refractivity contribution in [3.8, 4) is 0 Å². The Hall–Kier alpha value is -2.23. The molecule has 0 atom stereocenters. The second kappa shape index (κ2) is 6.97. The Kier molecular flexibility index (Phi) is 5.04. The van der Waals surface area contributed by atoms with E-state index < -0.39 is 0 Å². The molecule has 2 rings (SSSR count). The molecule has 0 aliphatic carbocycles. The summed E-state index contributed by atoms with van der Waals surface area (Å²) in [5, 5.41) is 6.27. The van der Waals surface area contributed by atoms with Gasteiger partial charge >= 0.3 is 0 Å². The summed E-state index contributed by atoms with van der Waals surface area (Å²) in [6, 6.07) is 10.2. The average Bonchev–Trinajstić information content (AvgIpc) is 2.87. The molecule has 0 unspecified atom stereocenters. The number of nitrogens with one attached hydrogen (secondary N) is 2. The number of benzene rings is 1. The van der Waals surface area contributed by atoms with Gasteiger partial charge < -0.3 is 15.2 Å². The van der Waals surface area contributed by atoms with Crippen LogP contribution in [0.4, 0.5) is 11.4 Å². The summed E-state index contributed by atoms with van der Waals surface area (Å²) >= 11 is 0. The third-order valence-electron chi connectivity index (χ3n) is 3.41. The predicted molar refractivity (Wildman–Crippen MR) is 87.5 cm³/mol. The van der Waals surface area contributed by atoms with E-state index in [1.807, 2.05) is 25.1 Å². The van der Waals surface area contributed by atoms with Crippen molar-refractivity contribution in [1.29, 1.82) is 0 Å². The number of nitrogens with zero attached hydrogens (tertiary/aromatic N) is 1. The van der Waals surface area contributed by atoms with Crippen LogP contribution in [-0.2, 0) is 17.9 Å². The summed E-state index contributed by atoms with van der Waals surface area (Å²) in [6.45, 7) is 7.50. The minimum absolute atomic E-state index is 0.0490. The van der Waals surface area contributed by atoms with Gasteiger partial charge in [-0.25, -0.2) is 0 Å². The summed E-state index contributed by atoms with van der Waals surface area (Å²) in [4.78, 5) is 11.2. The molecule has 2 aromatic rings. The number of hydrogen-bond donors (Lipinski definition) is 2. The molecule has 0 bridgehead atoms. The zero-order chi connectivity index (χ0) is 15.2. The molecule has 0 aliphatic rings. The molecule has 1 aromatic heterocycles. The van der Waals surface area contributed by atoms with Crippen LogP contribution in [0, 0.1) is 6.92 Å². The lowest BCUT2D eigenvalue weighted by atomic mass is 10.1. The van der Waals surface area contributed by atoms with Crippen LogP contribution >= 0.6 is 0 Å². The van der Waals surface area contributed by atoms with Gasteiger partial charge in [-0.15, -0.1) is 0 Å². The Labute approximate surface area is 126 Å². The van der Waals surface area contributed by atoms with Crippen molar-refractivity contribution in [2.24, 2.45) is 0 Å². The van der Waals surface area contributed by atoms with Gasteiger partial charge in [-0.1, -0.05) is 13.0 Å². The number of aryl methyl sites for hydroxylation is 2. The zero-order valence-electron chi connectivity index (χ0n) is 12.9. The van der Waals surface area contributed by atoms with Crippen LogP contribution < -0.4 is 10.6 Å². The smallest absolute Gasteiger partial charge is 0.221 e. The van der Waals surface area contributed by atoms with E-state index in [2.05, 4.69) is 40.5 Å². The van der Waals surface area contributed by atoms with Gasteiger partial charge in [0.15, 0.2) is 0 Å². The Balaban J connectivity index is 2.06. The minimum Gasteiger partial charge on any atom is -0.379 e. The molecule has 4 heteroatoms. The third-order valence-corrected chi connectivity index (χ3v) is 3.41. The van der Waals surface area contributed by atoms with Crippen LogP contribution in [0.2, 0.25) is 0 Å². The monoisotopic (exact) mass is 285 g/mol. The fourth-order valence-electron chi connectivity index (χ4n) is 2.32. The summed E-state index contributed by atoms with van der Waals surface area (Å²) in [5.41, 5.74) is 4.19. The van der Waals surface area contributed by atoms with Gasteiger partial charge in [-0.2, -0.15) is 0 Å². The highest BCUT2D eigenvalue weighted by molar-refractivity contribution is 5.90. The van der Waals surface area contributed by atoms with Crippen molar-refractivity contribution in [3.63, 3.8) is 0 Å². The van der Waals surface area contributed by atoms with Crippen LogP contribution in [0.3, 0.4) is 0 Å². The largest absolute Gasteiger partial charge is 0.379 e. The van der Waals surface area contributed by atoms with E-state index in [1.165, 1.54) is 12.6 Å². The summed E-state index contributed by atoms with van der Waals surface area (Å²) in [5.74, 6) is -0.0490. The number of anilines is 2. The Morgan fingerprint density at radius 1 is 1.29 bits per heavy atom. The molecule has 2 N–H and O–H groups in total. The van der Waals surface area contributed by atoms with Crippen molar-refractivity contribution in [3.05, 3.63) is 47.8 Å². The van der Waals surface area contributed by atoms with Crippen molar-refractivity contribution in [1.82, 2.24) is 4.57 Å². The molecule has 1 heterocycles. The minimum atomic E-state index is -0.0490. The highest BCUT2D eigenvalue weighted by Gasteiger charge is 2.04. The maximum Gasteiger partial charge on any atom is 0.221 e. The average molecular weight is 285 g/mol. The first-order valence-electron chi connectivity index (χ1n) is 7.36. The lowest BCUT2D eigenvalue weighted by Gasteiger charge is -2.13. The Bertz CT molecular complexity index is 616. The Morgan fingerprint density at radius 3 is 2.81 bits per heavy atom. The number of carbonyl (C=O) groups excluding carboxylic acids is 1. The molecule has 0 spiro atoms. The molecule has 112 valence electrons. The standard InChI is InChI=1S/C17H23N3O/c1-4-9-20-10-5-6-16(20)12-18-15-8-7-13(2)17(11-15)19-14(3)21/h5-8,10-11,18H,4,9,12H2,1-3H3,(H,19,21). The molecule has 21 heavy (non-hydrogen) atoms. The first kappa shape index (κ1) is 15.2. The molecule has 4 nitrogen and oxygen atoms in total. The zero-order valence-corrected chi connectivity index (χ0v) is 12.9. The number of aromatic nitrogens is 1. The summed E-state index contributed by atoms with van der Waals surface area (Å²) < 4.78 is 2.26. The van der Waals surface area contributed by atoms with Gasteiger partial charge in [0.1, 0.15) is 0 Å². The normalized spacial score (nSPS) is 10.4. The van der Waals surface area contributed by atoms with E-state index in [1.54, 1.807) is 0 Å². The maximum atomic E-state index is 11.2. The highest BCUT2D eigenvalue weighted by atomic mass is 16.1. The number of carbonyl (C=O) groups is 1. The summed E-state index contributed by atoms with van der Waals surface area (Å²) in [6.07, 6.45) is 3.23. The van der Waals surface area contributed by atoms with E-state index in [4.69, 9.17) is 0 Å². The van der Waals surface area contributed by atoms with Gasteiger partial charge in [0.05, 0.1) is 6.54 Å². The van der Waals surface area contributed by atoms with Crippen LogP contribution in [0.1, 0.15) is 31.5 Å². The van der Waals surface area contributed by atoms with Crippen LogP contribution in [0.25, 0.3) is 0 Å². The Morgan fingerprint density at radius 2 is 2.10 bits per heavy atom. The molecule has 0 saturated heterocycles. The quantitative estimate of drug-likeness (QED) is 0.848. The van der Waals surface area contributed by atoms with Crippen molar-refractivity contribution in [2.45, 2.75) is 40.3 Å². The molecule has 0 fully saturated rings. The third kappa shape index (κ3) is 4.12. The van der Waals surface area contributed by atoms with Gasteiger partial charge in [0.2, 0.25) is 5.91 Å². The SMILES string of the molecule is CCCn1cccc1CNc1ccc(C)c(NC(C)=O)c1. The van der Waals surface area contributed by atoms with Crippen molar-refractivity contribution >= 4 is 17.3 Å². The fourth-order valence-corrected chi connectivity index (χ4v) is 2.32. The molecule has 0 saturated carbocycles. The highest BCUT2D eigenvalue weighted by Crippen LogP contribution is 2.21. The number of hydrogen-bond acceptors (Lipinski definition) is 2. The number of rotatable bonds is 6. The topological polar surface area (TPSA) is 46.1 Å². The van der Waals surface area contributed by atoms with Gasteiger partial charge in [0.25, 0.3) is 0 Å². The first-order chi connectivity index (χ1) is 10.1. The van der Waals surface area contributed by atoms with Crippen LogP contribution in [0.5, 0.6) is 0 Å². The van der Waals surface area contributed by atoms with Crippen molar-refractivity contribution < 1.29 is 4.79 Å². The molecule has 0 aliphatic heterocycles. The van der Waals surface area contributed by atoms with Gasteiger partial charge in [-0.3, -0.25) is 4.79 Å². The second-order valence-corrected chi connectivity index (χ2v) is 5.26. The van der Waals surface area contributed by atoms with E-state index in [-0.39, 0.29) is 5.91 Å². The van der Waals surface area contributed by atoms with Crippen LogP contribution in [-0.4, -0.2) is 10.5 Å². The number of amides is 1. The lowest BCUT2D eigenvalue weighted by Crippen LogP contribution is -2.09. The molecular weight excluding hydrogens is 262 g/mol. The predicted octanol–water partition coefficient (Wildman–Crippen LogP) is 3.78. The van der Waals surface area contributed by atoms with E-state index in [9.17, 15) is 4.79 Å². The van der Waals surface area contributed by atoms with E-state index >= 15 is 0 Å². The lowest BCUT2D eigenvalue weighted by molar-refractivity contribution is -0.114. The fraction of sp³-hybridized carbons (Fsp3) is 0.353. The maximum absolute atomic E-state index is 11.2. The molecule has 0 radical (unpaired) electrons. The molecule has 1 amide bonds. The van der Waals surface area contributed by atoms with E-state index in [0.717, 1.165) is 36.4 Å². The molecule has 1 aromatic carbocycles.